The van der Waals surface area contributed by atoms with Crippen LogP contribution in [0.3, 0.4) is 0 Å². The molecular weight excluding hydrogens is 272 g/mol. The van der Waals surface area contributed by atoms with Gasteiger partial charge in [-0.2, -0.15) is 0 Å². The average Bonchev–Trinajstić information content (AvgIpc) is 2.63. The summed E-state index contributed by atoms with van der Waals surface area (Å²) in [5.74, 6) is -1.12. The van der Waals surface area contributed by atoms with E-state index in [1.807, 2.05) is 24.4 Å². The number of aromatic amines is 1. The van der Waals surface area contributed by atoms with Gasteiger partial charge >= 0.3 is 0 Å². The molecule has 16 heavy (non-hydrogen) atoms. The predicted molar refractivity (Wildman–Crippen MR) is 61.4 cm³/mol. The van der Waals surface area contributed by atoms with Crippen LogP contribution in [0.1, 0.15) is 5.56 Å². The normalized spacial score (nSPS) is 12.9. The summed E-state index contributed by atoms with van der Waals surface area (Å²) in [4.78, 5) is 13.7. The van der Waals surface area contributed by atoms with Crippen LogP contribution in [-0.4, -0.2) is 17.0 Å². The van der Waals surface area contributed by atoms with E-state index in [0.29, 0.717) is 6.42 Å². The number of H-pyrrole nitrogens is 1. The van der Waals surface area contributed by atoms with Crippen molar-refractivity contribution in [1.82, 2.24) is 4.98 Å². The molecule has 1 aromatic heterocycles. The second kappa shape index (κ2) is 4.27. The van der Waals surface area contributed by atoms with Gasteiger partial charge in [0.25, 0.3) is 0 Å². The molecular formula is C11H11BrN2O2. The Balaban J connectivity index is 2.39. The fourth-order valence-electron chi connectivity index (χ4n) is 1.69. The van der Waals surface area contributed by atoms with Crippen LogP contribution >= 0.6 is 15.9 Å². The summed E-state index contributed by atoms with van der Waals surface area (Å²) in [6.45, 7) is 0. The van der Waals surface area contributed by atoms with E-state index in [1.54, 1.807) is 0 Å². The topological polar surface area (TPSA) is 83.6 Å². The van der Waals surface area contributed by atoms with Crippen LogP contribution < -0.4 is 10.8 Å². The highest BCUT2D eigenvalue weighted by Gasteiger charge is 2.12. The molecule has 0 unspecified atom stereocenters. The minimum Gasteiger partial charge on any atom is -0.544 e. The molecule has 0 bridgehead atoms. The Labute approximate surface area is 101 Å². The monoisotopic (exact) mass is 282 g/mol. The number of carbonyl (C=O) groups is 1. The summed E-state index contributed by atoms with van der Waals surface area (Å²) in [6.07, 6.45) is 2.19. The van der Waals surface area contributed by atoms with Gasteiger partial charge < -0.3 is 20.6 Å². The van der Waals surface area contributed by atoms with Crippen molar-refractivity contribution in [2.24, 2.45) is 0 Å². The van der Waals surface area contributed by atoms with E-state index >= 15 is 0 Å². The second-order valence-electron chi connectivity index (χ2n) is 3.70. The maximum absolute atomic E-state index is 10.6. The van der Waals surface area contributed by atoms with E-state index in [9.17, 15) is 9.90 Å². The van der Waals surface area contributed by atoms with E-state index in [2.05, 4.69) is 26.6 Å². The highest BCUT2D eigenvalue weighted by molar-refractivity contribution is 9.10. The number of carboxylic acid groups (broad SMARTS) is 1. The molecule has 0 fully saturated rings. The Hall–Kier alpha value is -1.33. The van der Waals surface area contributed by atoms with Crippen LogP contribution in [0.5, 0.6) is 0 Å². The van der Waals surface area contributed by atoms with Crippen molar-refractivity contribution in [3.05, 3.63) is 34.4 Å². The molecule has 0 aliphatic carbocycles. The number of para-hydroxylation sites is 1. The summed E-state index contributed by atoms with van der Waals surface area (Å²) in [5.41, 5.74) is 5.47. The summed E-state index contributed by atoms with van der Waals surface area (Å²) in [7, 11) is 0. The molecule has 0 saturated heterocycles. The first-order valence-electron chi connectivity index (χ1n) is 4.88. The molecule has 0 spiro atoms. The van der Waals surface area contributed by atoms with E-state index in [4.69, 9.17) is 0 Å². The van der Waals surface area contributed by atoms with Gasteiger partial charge in [0, 0.05) is 22.5 Å². The maximum Gasteiger partial charge on any atom is 0.129 e. The van der Waals surface area contributed by atoms with Crippen molar-refractivity contribution < 1.29 is 15.6 Å². The van der Waals surface area contributed by atoms with Crippen LogP contribution in [0.15, 0.2) is 28.9 Å². The summed E-state index contributed by atoms with van der Waals surface area (Å²) < 4.78 is 0.963. The molecule has 0 aliphatic rings. The van der Waals surface area contributed by atoms with Crippen molar-refractivity contribution >= 4 is 32.8 Å². The van der Waals surface area contributed by atoms with Gasteiger partial charge in [-0.25, -0.2) is 0 Å². The Kier molecular flexibility index (Phi) is 2.98. The molecule has 1 heterocycles. The van der Waals surface area contributed by atoms with Crippen LogP contribution in [0.2, 0.25) is 0 Å². The number of carboxylic acids is 1. The molecule has 2 aromatic rings. The third-order valence-electron chi connectivity index (χ3n) is 2.55. The number of aromatic nitrogens is 1. The third-order valence-corrected chi connectivity index (χ3v) is 3.21. The van der Waals surface area contributed by atoms with Crippen LogP contribution in [0.25, 0.3) is 10.9 Å². The van der Waals surface area contributed by atoms with E-state index in [-0.39, 0.29) is 0 Å². The number of benzene rings is 1. The lowest BCUT2D eigenvalue weighted by Gasteiger charge is -2.08. The molecule has 84 valence electrons. The molecule has 1 aromatic carbocycles. The summed E-state index contributed by atoms with van der Waals surface area (Å²) >= 11 is 3.43. The second-order valence-corrected chi connectivity index (χ2v) is 4.55. The zero-order valence-electron chi connectivity index (χ0n) is 8.50. The summed E-state index contributed by atoms with van der Waals surface area (Å²) in [6, 6.07) is 5.08. The Morgan fingerprint density at radius 3 is 3.00 bits per heavy atom. The molecule has 0 amide bonds. The Morgan fingerprint density at radius 2 is 2.31 bits per heavy atom. The number of carbonyl (C=O) groups excluding carboxylic acids is 1. The smallest absolute Gasteiger partial charge is 0.129 e. The third kappa shape index (κ3) is 1.96. The first-order valence-corrected chi connectivity index (χ1v) is 5.67. The zero-order valence-corrected chi connectivity index (χ0v) is 10.1. The Morgan fingerprint density at radius 1 is 1.56 bits per heavy atom. The number of quaternary nitrogens is 1. The first kappa shape index (κ1) is 11.2. The summed E-state index contributed by atoms with van der Waals surface area (Å²) in [5, 5.41) is 11.7. The minimum absolute atomic E-state index is 0.374. The molecule has 0 saturated carbocycles. The lowest BCUT2D eigenvalue weighted by molar-refractivity contribution is -0.436. The fraction of sp³-hybridized carbons (Fsp3) is 0.182. The van der Waals surface area contributed by atoms with Crippen molar-refractivity contribution in [2.45, 2.75) is 12.5 Å². The highest BCUT2D eigenvalue weighted by atomic mass is 79.9. The van der Waals surface area contributed by atoms with Crippen LogP contribution in [0.4, 0.5) is 0 Å². The largest absolute Gasteiger partial charge is 0.544 e. The van der Waals surface area contributed by atoms with Crippen molar-refractivity contribution in [3.8, 4) is 0 Å². The number of hydrogen-bond acceptors (Lipinski definition) is 2. The van der Waals surface area contributed by atoms with Gasteiger partial charge in [0.2, 0.25) is 0 Å². The quantitative estimate of drug-likeness (QED) is 0.820. The number of fused-ring (bicyclic) bond motifs is 1. The van der Waals surface area contributed by atoms with Crippen molar-refractivity contribution in [2.75, 3.05) is 0 Å². The molecule has 5 heteroatoms. The van der Waals surface area contributed by atoms with Crippen molar-refractivity contribution in [3.63, 3.8) is 0 Å². The average molecular weight is 283 g/mol. The van der Waals surface area contributed by atoms with Crippen molar-refractivity contribution in [1.29, 1.82) is 0 Å². The lowest BCUT2D eigenvalue weighted by atomic mass is 10.1. The predicted octanol–water partition coefficient (Wildman–Crippen LogP) is -0.167. The van der Waals surface area contributed by atoms with Gasteiger partial charge in [0.1, 0.15) is 6.04 Å². The lowest BCUT2D eigenvalue weighted by Crippen LogP contribution is -2.69. The Bertz CT molecular complexity index is 536. The number of nitrogens with one attached hydrogen (secondary N) is 1. The van der Waals surface area contributed by atoms with Crippen LogP contribution in [-0.2, 0) is 11.2 Å². The number of aliphatic carboxylic acids is 1. The molecule has 1 atom stereocenters. The molecule has 4 nitrogen and oxygen atoms in total. The first-order chi connectivity index (χ1) is 7.59. The van der Waals surface area contributed by atoms with Gasteiger partial charge in [0.15, 0.2) is 0 Å². The molecule has 4 N–H and O–H groups in total. The van der Waals surface area contributed by atoms with E-state index < -0.39 is 12.0 Å². The molecule has 0 aliphatic heterocycles. The molecule has 2 rings (SSSR count). The number of halogens is 1. The number of rotatable bonds is 3. The molecule has 0 radical (unpaired) electrons. The van der Waals surface area contributed by atoms with Gasteiger partial charge in [-0.15, -0.1) is 0 Å². The van der Waals surface area contributed by atoms with Crippen LogP contribution in [0, 0.1) is 0 Å². The zero-order chi connectivity index (χ0) is 11.7. The van der Waals surface area contributed by atoms with Gasteiger partial charge in [-0.1, -0.05) is 12.1 Å². The highest BCUT2D eigenvalue weighted by Crippen LogP contribution is 2.25. The van der Waals surface area contributed by atoms with Gasteiger partial charge in [-0.3, -0.25) is 0 Å². The number of hydrogen-bond donors (Lipinski definition) is 2. The SMILES string of the molecule is [NH3+][C@H](Cc1c[nH]c2c(Br)cccc12)C(=O)[O-]. The fourth-order valence-corrected chi connectivity index (χ4v) is 2.17. The van der Waals surface area contributed by atoms with Gasteiger partial charge in [-0.05, 0) is 27.6 Å². The minimum atomic E-state index is -1.12. The maximum atomic E-state index is 10.6. The van der Waals surface area contributed by atoms with E-state index in [1.165, 1.54) is 0 Å². The van der Waals surface area contributed by atoms with E-state index in [0.717, 1.165) is 20.9 Å². The standard InChI is InChI=1S/C11H11BrN2O2/c12-8-3-1-2-7-6(5-14-10(7)8)4-9(13)11(15)16/h1-3,5,9,14H,4,13H2,(H,15,16)/t9-/m1/s1. The van der Waals surface area contributed by atoms with Gasteiger partial charge in [0.05, 0.1) is 11.5 Å².